The van der Waals surface area contributed by atoms with E-state index in [0.717, 1.165) is 28.3 Å². The summed E-state index contributed by atoms with van der Waals surface area (Å²) in [5.41, 5.74) is 16.4. The topological polar surface area (TPSA) is 12.5 Å². The van der Waals surface area contributed by atoms with E-state index in [1.165, 1.54) is 76.3 Å². The Labute approximate surface area is 404 Å². The fraction of sp³-hybridized carbons (Fsp3) is 0.156. The Balaban J connectivity index is 1.20. The molecule has 3 aliphatic rings. The maximum atomic E-state index is 6.75. The summed E-state index contributed by atoms with van der Waals surface area (Å²) in [6.07, 6.45) is 0. The lowest BCUT2D eigenvalue weighted by atomic mass is 9.34. The van der Waals surface area contributed by atoms with Crippen molar-refractivity contribution in [3.8, 4) is 11.5 Å². The monoisotopic (exact) mass is 893 g/mol. The van der Waals surface area contributed by atoms with Crippen molar-refractivity contribution >= 4 is 69.0 Å². The van der Waals surface area contributed by atoms with Crippen LogP contribution in [0.1, 0.15) is 98.2 Å². The van der Waals surface area contributed by atoms with Crippen molar-refractivity contribution in [3.63, 3.8) is 0 Å². The predicted molar refractivity (Wildman–Crippen MR) is 290 cm³/mol. The summed E-state index contributed by atoms with van der Waals surface area (Å²) < 4.78 is 6.75. The van der Waals surface area contributed by atoms with Crippen molar-refractivity contribution in [2.24, 2.45) is 0 Å². The van der Waals surface area contributed by atoms with Gasteiger partial charge in [-0.05, 0) is 103 Å². The average molecular weight is 894 g/mol. The lowest BCUT2D eigenvalue weighted by Gasteiger charge is -2.49. The molecule has 0 saturated heterocycles. The number of hydrogen-bond donors (Lipinski definition) is 0. The van der Waals surface area contributed by atoms with Gasteiger partial charge in [0.25, 0.3) is 0 Å². The van der Waals surface area contributed by atoms with Crippen LogP contribution in [0.15, 0.2) is 212 Å². The molecule has 12 rings (SSSR count). The van der Waals surface area contributed by atoms with Crippen LogP contribution in [0.4, 0.5) is 17.1 Å². The minimum atomic E-state index is -3.02. The van der Waals surface area contributed by atoms with Gasteiger partial charge in [-0.1, -0.05) is 234 Å². The molecule has 68 heavy (non-hydrogen) atoms. The van der Waals surface area contributed by atoms with Gasteiger partial charge in [0.2, 0.25) is 6.71 Å². The van der Waals surface area contributed by atoms with Gasteiger partial charge in [0, 0.05) is 16.8 Å². The molecule has 0 saturated carbocycles. The van der Waals surface area contributed by atoms with Crippen molar-refractivity contribution in [3.05, 3.63) is 251 Å². The minimum absolute atomic E-state index is 0.0405. The number of para-hydroxylation sites is 4. The highest BCUT2D eigenvalue weighted by atomic mass is 28.3. The van der Waals surface area contributed by atoms with Gasteiger partial charge in [0.05, 0.1) is 16.8 Å². The molecule has 0 fully saturated rings. The van der Waals surface area contributed by atoms with Crippen LogP contribution < -0.4 is 46.8 Å². The van der Waals surface area contributed by atoms with E-state index >= 15 is 0 Å². The maximum absolute atomic E-state index is 6.75. The van der Waals surface area contributed by atoms with E-state index in [2.05, 4.69) is 259 Å². The van der Waals surface area contributed by atoms with Crippen molar-refractivity contribution in [1.82, 2.24) is 0 Å². The molecule has 0 aliphatic carbocycles. The second kappa shape index (κ2) is 16.3. The lowest BCUT2D eigenvalue weighted by Crippen LogP contribution is -2.86. The Morgan fingerprint density at radius 3 is 1.41 bits per heavy atom. The zero-order chi connectivity index (χ0) is 46.3. The Hall–Kier alpha value is -7.14. The first kappa shape index (κ1) is 42.2. The Bertz CT molecular complexity index is 3230. The van der Waals surface area contributed by atoms with E-state index < -0.39 is 13.5 Å². The van der Waals surface area contributed by atoms with Crippen molar-refractivity contribution in [2.75, 3.05) is 4.90 Å². The van der Waals surface area contributed by atoms with E-state index in [9.17, 15) is 0 Å². The number of nitrogens with zero attached hydrogens (tertiary/aromatic N) is 1. The second-order valence-corrected chi connectivity index (χ2v) is 23.8. The van der Waals surface area contributed by atoms with Gasteiger partial charge in [0.15, 0.2) is 8.07 Å². The molecule has 0 bridgehead atoms. The van der Waals surface area contributed by atoms with Crippen molar-refractivity contribution in [2.45, 2.75) is 64.7 Å². The molecular weight excluding hydrogens is 838 g/mol. The first-order valence-electron chi connectivity index (χ1n) is 24.6. The third kappa shape index (κ3) is 6.02. The summed E-state index contributed by atoms with van der Waals surface area (Å²) in [4.78, 5) is 2.57. The van der Waals surface area contributed by atoms with Gasteiger partial charge in [-0.25, -0.2) is 0 Å². The van der Waals surface area contributed by atoms with Crippen LogP contribution in [0.3, 0.4) is 0 Å². The van der Waals surface area contributed by atoms with Crippen LogP contribution in [-0.4, -0.2) is 14.8 Å². The first-order chi connectivity index (χ1) is 33.2. The van der Waals surface area contributed by atoms with Crippen LogP contribution in [0.5, 0.6) is 11.5 Å². The van der Waals surface area contributed by atoms with Crippen molar-refractivity contribution < 1.29 is 4.74 Å². The van der Waals surface area contributed by atoms with Gasteiger partial charge in [-0.2, -0.15) is 0 Å². The predicted octanol–water partition coefficient (Wildman–Crippen LogP) is 11.5. The summed E-state index contributed by atoms with van der Waals surface area (Å²) in [5.74, 6) is 2.91. The third-order valence-electron chi connectivity index (χ3n) is 15.5. The highest BCUT2D eigenvalue weighted by Crippen LogP contribution is 2.62. The van der Waals surface area contributed by atoms with Crippen LogP contribution >= 0.6 is 0 Å². The zero-order valence-electron chi connectivity index (χ0n) is 39.9. The van der Waals surface area contributed by atoms with Gasteiger partial charge in [-0.15, -0.1) is 0 Å². The van der Waals surface area contributed by atoms with E-state index in [-0.39, 0.29) is 6.71 Å². The molecular formula is C64H56BNOSi. The number of hydrogen-bond acceptors (Lipinski definition) is 2. The molecule has 0 atom stereocenters. The summed E-state index contributed by atoms with van der Waals surface area (Å²) in [5, 5.41) is 5.71. The molecule has 9 aromatic carbocycles. The maximum Gasteiger partial charge on any atom is 0.241 e. The van der Waals surface area contributed by atoms with E-state index in [4.69, 9.17) is 4.74 Å². The third-order valence-corrected chi connectivity index (χ3v) is 20.4. The quantitative estimate of drug-likeness (QED) is 0.148. The lowest BCUT2D eigenvalue weighted by molar-refractivity contribution is 0.434. The van der Waals surface area contributed by atoms with E-state index in [0.29, 0.717) is 17.8 Å². The molecule has 3 aliphatic heterocycles. The minimum Gasteiger partial charge on any atom is -0.457 e. The Morgan fingerprint density at radius 2 is 0.882 bits per heavy atom. The highest BCUT2D eigenvalue weighted by Gasteiger charge is 2.53. The van der Waals surface area contributed by atoms with E-state index in [1.54, 1.807) is 0 Å². The molecule has 2 nitrogen and oxygen atoms in total. The molecule has 0 radical (unpaired) electrons. The number of rotatable bonds is 7. The number of ether oxygens (including phenoxy) is 1. The fourth-order valence-corrected chi connectivity index (χ4v) is 17.9. The molecule has 0 amide bonds. The second-order valence-electron chi connectivity index (χ2n) is 20.1. The molecule has 0 N–H and O–H groups in total. The first-order valence-corrected chi connectivity index (χ1v) is 26.6. The zero-order valence-corrected chi connectivity index (χ0v) is 40.9. The molecule has 0 aromatic heterocycles. The van der Waals surface area contributed by atoms with Crippen LogP contribution in [-0.2, 0) is 5.41 Å². The number of fused-ring (bicyclic) bond motifs is 10. The molecule has 1 spiro atoms. The SMILES string of the molecule is CC(C)c1cc(C(C)C)c(B2c3ccccc3[Si](c3ccccc3)(c3ccccc3)c3cc(N4c5ccccc5C5(c6ccccc6Oc6ccccc65)c5ccccc54)ccc32)c(C(C)C)c1. The summed E-state index contributed by atoms with van der Waals surface area (Å²) in [6, 6.07) is 80.8. The molecule has 3 heterocycles. The Kier molecular flexibility index (Phi) is 10.1. The van der Waals surface area contributed by atoms with Crippen LogP contribution in [0.25, 0.3) is 0 Å². The Morgan fingerprint density at radius 1 is 0.426 bits per heavy atom. The number of anilines is 3. The fourth-order valence-electron chi connectivity index (χ4n) is 12.6. The van der Waals surface area contributed by atoms with Gasteiger partial charge < -0.3 is 9.64 Å². The highest BCUT2D eigenvalue weighted by molar-refractivity contribution is 7.26. The molecule has 9 aromatic rings. The largest absolute Gasteiger partial charge is 0.457 e. The summed E-state index contributed by atoms with van der Waals surface area (Å²) in [7, 11) is -3.02. The van der Waals surface area contributed by atoms with E-state index in [1.807, 2.05) is 0 Å². The standard InChI is InChI=1S/C64H56BNOSi/c1-42(2)45-39-49(43(3)4)63(50(40-45)44(5)6)65-55-31-17-22-36-61(55)68(47-23-9-7-10-24-47,48-25-11-8-12-26-48)62-41-46(37-38-56(62)65)66-57-32-18-13-27-51(57)64(52-28-14-19-33-58(52)66)53-29-15-20-34-59(53)67-60-35-21-16-30-54(60)64/h7-44H,1-6H3. The van der Waals surface area contributed by atoms with Crippen LogP contribution in [0, 0.1) is 0 Å². The normalized spacial score (nSPS) is 14.7. The molecule has 330 valence electrons. The van der Waals surface area contributed by atoms with Crippen LogP contribution in [0.2, 0.25) is 0 Å². The van der Waals surface area contributed by atoms with Crippen molar-refractivity contribution in [1.29, 1.82) is 0 Å². The van der Waals surface area contributed by atoms with Gasteiger partial charge >= 0.3 is 0 Å². The average Bonchev–Trinajstić information content (AvgIpc) is 3.38. The summed E-state index contributed by atoms with van der Waals surface area (Å²) >= 11 is 0. The van der Waals surface area contributed by atoms with Gasteiger partial charge in [0.1, 0.15) is 11.5 Å². The number of benzene rings is 9. The van der Waals surface area contributed by atoms with Gasteiger partial charge in [-0.3, -0.25) is 0 Å². The summed E-state index contributed by atoms with van der Waals surface area (Å²) in [6.45, 7) is 14.3. The molecule has 4 heteroatoms. The smallest absolute Gasteiger partial charge is 0.241 e. The molecule has 0 unspecified atom stereocenters.